The van der Waals surface area contributed by atoms with Crippen molar-refractivity contribution in [1.82, 2.24) is 5.43 Å². The van der Waals surface area contributed by atoms with Gasteiger partial charge in [-0.05, 0) is 24.1 Å². The third-order valence-electron chi connectivity index (χ3n) is 2.81. The van der Waals surface area contributed by atoms with Gasteiger partial charge >= 0.3 is 0 Å². The summed E-state index contributed by atoms with van der Waals surface area (Å²) in [6, 6.07) is 5.78. The summed E-state index contributed by atoms with van der Waals surface area (Å²) in [4.78, 5) is 9.99. The van der Waals surface area contributed by atoms with E-state index in [1.807, 2.05) is 0 Å². The zero-order valence-corrected chi connectivity index (χ0v) is 10.8. The van der Waals surface area contributed by atoms with Crippen LogP contribution in [0.25, 0.3) is 0 Å². The zero-order valence-electron chi connectivity index (χ0n) is 10.0. The SMILES string of the molecule is O=[N+]([O-])c1ccc(/C=N\N[C@@H]2CCS(=O)(=O)C2)cc1. The normalized spacial score (nSPS) is 21.6. The number of rotatable bonds is 4. The van der Waals surface area contributed by atoms with Crippen LogP contribution in [-0.2, 0) is 9.84 Å². The molecule has 1 atom stereocenters. The van der Waals surface area contributed by atoms with Gasteiger partial charge in [0.15, 0.2) is 9.84 Å². The number of hydrogen-bond donors (Lipinski definition) is 1. The molecule has 1 aliphatic heterocycles. The second-order valence-corrected chi connectivity index (χ2v) is 6.56. The van der Waals surface area contributed by atoms with Gasteiger partial charge in [0.1, 0.15) is 0 Å². The van der Waals surface area contributed by atoms with Crippen molar-refractivity contribution < 1.29 is 13.3 Å². The molecule has 2 rings (SSSR count). The fourth-order valence-corrected chi connectivity index (χ4v) is 3.46. The highest BCUT2D eigenvalue weighted by atomic mass is 32.2. The Hall–Kier alpha value is -1.96. The lowest BCUT2D eigenvalue weighted by Crippen LogP contribution is -2.25. The molecule has 1 heterocycles. The van der Waals surface area contributed by atoms with Crippen molar-refractivity contribution in [2.75, 3.05) is 11.5 Å². The highest BCUT2D eigenvalue weighted by Gasteiger charge is 2.27. The van der Waals surface area contributed by atoms with Gasteiger partial charge < -0.3 is 5.43 Å². The van der Waals surface area contributed by atoms with Crippen molar-refractivity contribution in [1.29, 1.82) is 0 Å². The highest BCUT2D eigenvalue weighted by Crippen LogP contribution is 2.12. The van der Waals surface area contributed by atoms with E-state index in [1.54, 1.807) is 12.1 Å². The standard InChI is InChI=1S/C11H13N3O4S/c15-14(16)11-3-1-9(2-4-11)7-12-13-10-5-6-19(17,18)8-10/h1-4,7,10,13H,5-6,8H2/b12-7-/t10-/m1/s1. The van der Waals surface area contributed by atoms with Crippen molar-refractivity contribution in [3.63, 3.8) is 0 Å². The van der Waals surface area contributed by atoms with Gasteiger partial charge in [-0.25, -0.2) is 8.42 Å². The average Bonchev–Trinajstić information content (AvgIpc) is 2.69. The second-order valence-electron chi connectivity index (χ2n) is 4.34. The first kappa shape index (κ1) is 13.5. The molecule has 0 unspecified atom stereocenters. The largest absolute Gasteiger partial charge is 0.306 e. The van der Waals surface area contributed by atoms with Crippen molar-refractivity contribution in [2.24, 2.45) is 5.10 Å². The minimum Gasteiger partial charge on any atom is -0.306 e. The second kappa shape index (κ2) is 5.35. The molecule has 8 heteroatoms. The minimum atomic E-state index is -2.92. The average molecular weight is 283 g/mol. The van der Waals surface area contributed by atoms with Crippen LogP contribution in [0.2, 0.25) is 0 Å². The molecule has 19 heavy (non-hydrogen) atoms. The van der Waals surface area contributed by atoms with E-state index < -0.39 is 14.8 Å². The Kier molecular flexibility index (Phi) is 3.79. The number of hydrogen-bond acceptors (Lipinski definition) is 6. The molecule has 0 aromatic heterocycles. The predicted octanol–water partition coefficient (Wildman–Crippen LogP) is 0.705. The molecule has 1 aromatic carbocycles. The zero-order chi connectivity index (χ0) is 13.9. The van der Waals surface area contributed by atoms with E-state index in [9.17, 15) is 18.5 Å². The molecule has 102 valence electrons. The third-order valence-corrected chi connectivity index (χ3v) is 4.58. The minimum absolute atomic E-state index is 0.0204. The Morgan fingerprint density at radius 2 is 2.05 bits per heavy atom. The lowest BCUT2D eigenvalue weighted by atomic mass is 10.2. The van der Waals surface area contributed by atoms with Crippen LogP contribution in [0, 0.1) is 10.1 Å². The maximum absolute atomic E-state index is 11.2. The van der Waals surface area contributed by atoms with E-state index in [2.05, 4.69) is 10.5 Å². The third kappa shape index (κ3) is 3.75. The first-order valence-electron chi connectivity index (χ1n) is 5.70. The summed E-state index contributed by atoms with van der Waals surface area (Å²) in [5.41, 5.74) is 3.51. The van der Waals surface area contributed by atoms with E-state index >= 15 is 0 Å². The molecule has 0 amide bonds. The first-order valence-corrected chi connectivity index (χ1v) is 7.52. The number of nitrogens with zero attached hydrogens (tertiary/aromatic N) is 2. The first-order chi connectivity index (χ1) is 8.96. The Bertz CT molecular complexity index is 595. The Morgan fingerprint density at radius 1 is 1.37 bits per heavy atom. The van der Waals surface area contributed by atoms with Crippen LogP contribution in [-0.4, -0.2) is 37.1 Å². The lowest BCUT2D eigenvalue weighted by molar-refractivity contribution is -0.384. The van der Waals surface area contributed by atoms with Gasteiger partial charge in [0, 0.05) is 12.1 Å². The molecule has 7 nitrogen and oxygen atoms in total. The van der Waals surface area contributed by atoms with Gasteiger partial charge in [0.05, 0.1) is 28.7 Å². The summed E-state index contributed by atoms with van der Waals surface area (Å²) in [6.07, 6.45) is 2.06. The van der Waals surface area contributed by atoms with Crippen molar-refractivity contribution >= 4 is 21.7 Å². The maximum Gasteiger partial charge on any atom is 0.269 e. The monoisotopic (exact) mass is 283 g/mol. The van der Waals surface area contributed by atoms with Crippen LogP contribution in [0.1, 0.15) is 12.0 Å². The molecule has 1 aromatic rings. The lowest BCUT2D eigenvalue weighted by Gasteiger charge is -2.05. The molecule has 1 N–H and O–H groups in total. The van der Waals surface area contributed by atoms with Gasteiger partial charge in [0.25, 0.3) is 5.69 Å². The smallest absolute Gasteiger partial charge is 0.269 e. The maximum atomic E-state index is 11.2. The molecule has 0 aliphatic carbocycles. The molecule has 1 fully saturated rings. The van der Waals surface area contributed by atoms with Crippen LogP contribution < -0.4 is 5.43 Å². The molecule has 0 radical (unpaired) electrons. The molecule has 0 bridgehead atoms. The number of hydrazone groups is 1. The van der Waals surface area contributed by atoms with Crippen molar-refractivity contribution in [2.45, 2.75) is 12.5 Å². The van der Waals surface area contributed by atoms with E-state index in [4.69, 9.17) is 0 Å². The van der Waals surface area contributed by atoms with Crippen LogP contribution >= 0.6 is 0 Å². The van der Waals surface area contributed by atoms with Crippen molar-refractivity contribution in [3.8, 4) is 0 Å². The Labute approximate surface area is 110 Å². The summed E-state index contributed by atoms with van der Waals surface area (Å²) < 4.78 is 22.4. The van der Waals surface area contributed by atoms with Gasteiger partial charge in [-0.1, -0.05) is 0 Å². The van der Waals surface area contributed by atoms with Gasteiger partial charge in [-0.2, -0.15) is 5.10 Å². The van der Waals surface area contributed by atoms with E-state index in [0.717, 1.165) is 0 Å². The summed E-state index contributed by atoms with van der Waals surface area (Å²) >= 11 is 0. The van der Waals surface area contributed by atoms with Gasteiger partial charge in [0.2, 0.25) is 0 Å². The predicted molar refractivity (Wildman–Crippen MR) is 70.9 cm³/mol. The van der Waals surface area contributed by atoms with E-state index in [0.29, 0.717) is 12.0 Å². The molecular weight excluding hydrogens is 270 g/mol. The number of benzene rings is 1. The molecule has 0 saturated carbocycles. The number of non-ortho nitro benzene ring substituents is 1. The number of nitro benzene ring substituents is 1. The van der Waals surface area contributed by atoms with Crippen LogP contribution in [0.4, 0.5) is 5.69 Å². The quantitative estimate of drug-likeness (QED) is 0.498. The van der Waals surface area contributed by atoms with Crippen LogP contribution in [0.15, 0.2) is 29.4 Å². The number of nitrogens with one attached hydrogen (secondary N) is 1. The van der Waals surface area contributed by atoms with Crippen molar-refractivity contribution in [3.05, 3.63) is 39.9 Å². The molecule has 1 aliphatic rings. The number of sulfone groups is 1. The molecule has 1 saturated heterocycles. The Morgan fingerprint density at radius 3 is 2.58 bits per heavy atom. The fourth-order valence-electron chi connectivity index (χ4n) is 1.80. The Balaban J connectivity index is 1.91. The molecular formula is C11H13N3O4S. The summed E-state index contributed by atoms with van der Waals surface area (Å²) in [6.45, 7) is 0. The molecule has 0 spiro atoms. The fraction of sp³-hybridized carbons (Fsp3) is 0.364. The topological polar surface area (TPSA) is 102 Å². The van der Waals surface area contributed by atoms with E-state index in [-0.39, 0.29) is 23.2 Å². The highest BCUT2D eigenvalue weighted by molar-refractivity contribution is 7.91. The number of nitro groups is 1. The summed E-state index contributed by atoms with van der Waals surface area (Å²) in [5, 5.41) is 14.4. The summed E-state index contributed by atoms with van der Waals surface area (Å²) in [5.74, 6) is 0.294. The van der Waals surface area contributed by atoms with E-state index in [1.165, 1.54) is 18.3 Å². The van der Waals surface area contributed by atoms with Crippen LogP contribution in [0.3, 0.4) is 0 Å². The van der Waals surface area contributed by atoms with Gasteiger partial charge in [-0.3, -0.25) is 10.1 Å². The van der Waals surface area contributed by atoms with Gasteiger partial charge in [-0.15, -0.1) is 0 Å². The van der Waals surface area contributed by atoms with Crippen LogP contribution in [0.5, 0.6) is 0 Å². The summed E-state index contributed by atoms with van der Waals surface area (Å²) in [7, 11) is -2.92.